The molecule has 3 amide bonds. The summed E-state index contributed by atoms with van der Waals surface area (Å²) in [4.78, 5) is 49.2. The first-order valence-corrected chi connectivity index (χ1v) is 15.0. The van der Waals surface area contributed by atoms with Crippen molar-refractivity contribution in [3.05, 3.63) is 65.7 Å². The van der Waals surface area contributed by atoms with Crippen LogP contribution in [0, 0.1) is 11.8 Å². The topological polar surface area (TPSA) is 94.1 Å². The summed E-state index contributed by atoms with van der Waals surface area (Å²) >= 11 is 0. The smallest absolute Gasteiger partial charge is 0.343 e. The Morgan fingerprint density at radius 1 is 0.977 bits per heavy atom. The number of aliphatic imine (C=N–C) groups is 1. The second-order valence-corrected chi connectivity index (χ2v) is 11.2. The van der Waals surface area contributed by atoms with Crippen LogP contribution in [0.25, 0.3) is 0 Å². The van der Waals surface area contributed by atoms with E-state index in [1.165, 1.54) is 4.90 Å². The number of nitrogens with zero attached hydrogens (tertiary/aromatic N) is 3. The maximum Gasteiger partial charge on any atom is 0.389 e. The van der Waals surface area contributed by atoms with Gasteiger partial charge >= 0.3 is 6.18 Å². The molecule has 2 aliphatic rings. The van der Waals surface area contributed by atoms with E-state index in [0.29, 0.717) is 36.5 Å². The number of nitrogens with one attached hydrogen (secondary N) is 2. The lowest BCUT2D eigenvalue weighted by Gasteiger charge is -2.28. The average molecular weight is 600 g/mol. The Morgan fingerprint density at radius 3 is 2.30 bits per heavy atom. The number of fused-ring (bicyclic) bond motifs is 1. The summed E-state index contributed by atoms with van der Waals surface area (Å²) in [7, 11) is 1.59. The molecule has 43 heavy (non-hydrogen) atoms. The first-order chi connectivity index (χ1) is 20.6. The number of anilines is 1. The van der Waals surface area contributed by atoms with Gasteiger partial charge < -0.3 is 15.5 Å². The van der Waals surface area contributed by atoms with Crippen LogP contribution in [-0.2, 0) is 14.4 Å². The molecule has 0 aliphatic carbocycles. The molecule has 1 fully saturated rings. The van der Waals surface area contributed by atoms with Gasteiger partial charge in [-0.2, -0.15) is 13.2 Å². The Bertz CT molecular complexity index is 1290. The van der Waals surface area contributed by atoms with Gasteiger partial charge in [-0.1, -0.05) is 61.9 Å². The van der Waals surface area contributed by atoms with Gasteiger partial charge in [0.15, 0.2) is 0 Å². The summed E-state index contributed by atoms with van der Waals surface area (Å²) in [5, 5.41) is 5.63. The number of hydrogen-bond acceptors (Lipinski definition) is 5. The highest BCUT2D eigenvalue weighted by Crippen LogP contribution is 2.30. The molecular formula is C32H40F3N5O3. The van der Waals surface area contributed by atoms with Gasteiger partial charge in [-0.05, 0) is 51.3 Å². The first kappa shape index (κ1) is 32.2. The van der Waals surface area contributed by atoms with Crippen molar-refractivity contribution in [2.75, 3.05) is 31.7 Å². The fourth-order valence-corrected chi connectivity index (χ4v) is 5.81. The molecule has 2 aromatic rings. The van der Waals surface area contributed by atoms with Crippen LogP contribution < -0.4 is 15.5 Å². The van der Waals surface area contributed by atoms with Crippen LogP contribution in [0.2, 0.25) is 0 Å². The van der Waals surface area contributed by atoms with Crippen LogP contribution in [0.15, 0.2) is 59.6 Å². The Balaban J connectivity index is 1.63. The van der Waals surface area contributed by atoms with E-state index < -0.39 is 42.4 Å². The summed E-state index contributed by atoms with van der Waals surface area (Å²) in [6.07, 6.45) is -4.31. The Hall–Kier alpha value is -3.73. The van der Waals surface area contributed by atoms with E-state index in [0.717, 1.165) is 31.5 Å². The van der Waals surface area contributed by atoms with E-state index in [9.17, 15) is 27.6 Å². The van der Waals surface area contributed by atoms with Crippen LogP contribution in [0.3, 0.4) is 0 Å². The van der Waals surface area contributed by atoms with Crippen LogP contribution in [0.1, 0.15) is 63.0 Å². The molecule has 3 atom stereocenters. The van der Waals surface area contributed by atoms with Crippen molar-refractivity contribution >= 4 is 29.1 Å². The minimum Gasteiger partial charge on any atom is -0.343 e. The number of alkyl halides is 3. The highest BCUT2D eigenvalue weighted by atomic mass is 19.4. The molecule has 0 aromatic heterocycles. The largest absolute Gasteiger partial charge is 0.389 e. The third-order valence-corrected chi connectivity index (χ3v) is 8.08. The van der Waals surface area contributed by atoms with Crippen molar-refractivity contribution in [1.29, 1.82) is 0 Å². The number of halogens is 3. The lowest BCUT2D eigenvalue weighted by molar-refractivity contribution is -0.141. The maximum absolute atomic E-state index is 13.9. The van der Waals surface area contributed by atoms with E-state index >= 15 is 0 Å². The molecular weight excluding hydrogens is 559 g/mol. The number of hydrogen-bond donors (Lipinski definition) is 2. The number of amides is 3. The second kappa shape index (κ2) is 14.6. The fourth-order valence-electron chi connectivity index (χ4n) is 5.81. The monoisotopic (exact) mass is 599 g/mol. The van der Waals surface area contributed by atoms with Crippen LogP contribution >= 0.6 is 0 Å². The molecule has 2 N–H and O–H groups in total. The Morgan fingerprint density at radius 2 is 1.63 bits per heavy atom. The third kappa shape index (κ3) is 8.43. The molecule has 0 spiro atoms. The van der Waals surface area contributed by atoms with Crippen molar-refractivity contribution in [3.63, 3.8) is 0 Å². The summed E-state index contributed by atoms with van der Waals surface area (Å²) in [6.45, 7) is 3.90. The standard InChI is InChI=1S/C32H40F3N5O3/c1-3-12-23(29(41)36-21-40-19-9-10-20-40)24(16-11-18-32(33,34)35)30(42)38-28-31(43)39(2)26-17-8-7-15-25(26)27(37-28)22-13-5-4-6-14-22/h4-8,13-15,17,23-24,28H,3,9-12,16,18-21H2,1-2H3,(H,36,41)(H,38,42). The van der Waals surface area contributed by atoms with Gasteiger partial charge in [0.2, 0.25) is 18.0 Å². The molecule has 4 rings (SSSR count). The first-order valence-electron chi connectivity index (χ1n) is 15.0. The number of likely N-dealkylation sites (N-methyl/N-ethyl adjacent to an activating group) is 1. The summed E-state index contributed by atoms with van der Waals surface area (Å²) < 4.78 is 39.3. The highest BCUT2D eigenvalue weighted by molar-refractivity contribution is 6.20. The number of benzodiazepines with no additional fused rings is 1. The molecule has 3 unspecified atom stereocenters. The highest BCUT2D eigenvalue weighted by Gasteiger charge is 2.38. The van der Waals surface area contributed by atoms with Crippen molar-refractivity contribution in [3.8, 4) is 0 Å². The quantitative estimate of drug-likeness (QED) is 0.364. The SMILES string of the molecule is CCCC(C(=O)NCN1CCCC1)C(CCCC(F)(F)F)C(=O)NC1N=C(c2ccccc2)c2ccccc2N(C)C1=O. The molecule has 2 heterocycles. The summed E-state index contributed by atoms with van der Waals surface area (Å²) in [5.41, 5.74) is 2.55. The fraction of sp³-hybridized carbons (Fsp3) is 0.500. The van der Waals surface area contributed by atoms with Gasteiger partial charge in [-0.3, -0.25) is 19.3 Å². The zero-order valence-electron chi connectivity index (χ0n) is 24.7. The van der Waals surface area contributed by atoms with Gasteiger partial charge in [0, 0.05) is 36.4 Å². The second-order valence-electron chi connectivity index (χ2n) is 11.2. The predicted molar refractivity (Wildman–Crippen MR) is 159 cm³/mol. The normalized spacial score (nSPS) is 18.8. The summed E-state index contributed by atoms with van der Waals surface area (Å²) in [6, 6.07) is 16.5. The number of carbonyl (C=O) groups excluding carboxylic acids is 3. The zero-order chi connectivity index (χ0) is 31.0. The Kier molecular flexibility index (Phi) is 11.0. The molecule has 2 aliphatic heterocycles. The molecule has 0 saturated carbocycles. The summed E-state index contributed by atoms with van der Waals surface area (Å²) in [5.74, 6) is -3.45. The van der Waals surface area contributed by atoms with Gasteiger partial charge in [0.1, 0.15) is 0 Å². The van der Waals surface area contributed by atoms with Crippen LogP contribution in [0.5, 0.6) is 0 Å². The van der Waals surface area contributed by atoms with Gasteiger partial charge in [0.05, 0.1) is 18.1 Å². The number of benzene rings is 2. The van der Waals surface area contributed by atoms with Gasteiger partial charge in [-0.25, -0.2) is 4.99 Å². The minimum atomic E-state index is -4.39. The van der Waals surface area contributed by atoms with Gasteiger partial charge in [0.25, 0.3) is 5.91 Å². The van der Waals surface area contributed by atoms with E-state index in [-0.39, 0.29) is 18.7 Å². The third-order valence-electron chi connectivity index (χ3n) is 8.08. The van der Waals surface area contributed by atoms with E-state index in [1.807, 2.05) is 49.4 Å². The molecule has 232 valence electrons. The van der Waals surface area contributed by atoms with Gasteiger partial charge in [-0.15, -0.1) is 0 Å². The van der Waals surface area contributed by atoms with E-state index in [1.54, 1.807) is 19.2 Å². The van der Waals surface area contributed by atoms with Crippen molar-refractivity contribution < 1.29 is 27.6 Å². The van der Waals surface area contributed by atoms with Crippen molar-refractivity contribution in [2.45, 2.75) is 64.2 Å². The molecule has 2 aromatic carbocycles. The average Bonchev–Trinajstić information content (AvgIpc) is 3.49. The number of rotatable bonds is 12. The van der Waals surface area contributed by atoms with Crippen LogP contribution in [0.4, 0.5) is 18.9 Å². The molecule has 0 radical (unpaired) electrons. The zero-order valence-corrected chi connectivity index (χ0v) is 24.7. The molecule has 0 bridgehead atoms. The lowest BCUT2D eigenvalue weighted by Crippen LogP contribution is -2.50. The number of likely N-dealkylation sites (tertiary alicyclic amines) is 1. The number of carbonyl (C=O) groups is 3. The predicted octanol–water partition coefficient (Wildman–Crippen LogP) is 4.88. The van der Waals surface area contributed by atoms with Crippen LogP contribution in [-0.4, -0.2) is 67.5 Å². The number of para-hydroxylation sites is 1. The minimum absolute atomic E-state index is 0.153. The maximum atomic E-state index is 13.9. The van der Waals surface area contributed by atoms with E-state index in [4.69, 9.17) is 4.99 Å². The molecule has 8 nitrogen and oxygen atoms in total. The molecule has 11 heteroatoms. The Labute approximate surface area is 250 Å². The lowest BCUT2D eigenvalue weighted by atomic mass is 9.83. The van der Waals surface area contributed by atoms with E-state index in [2.05, 4.69) is 15.5 Å². The van der Waals surface area contributed by atoms with Crippen molar-refractivity contribution in [2.24, 2.45) is 16.8 Å². The van der Waals surface area contributed by atoms with Crippen molar-refractivity contribution in [1.82, 2.24) is 15.5 Å². The molecule has 1 saturated heterocycles.